The lowest BCUT2D eigenvalue weighted by atomic mass is 10.1. The van der Waals surface area contributed by atoms with Gasteiger partial charge in [0.1, 0.15) is 0 Å². The van der Waals surface area contributed by atoms with E-state index in [1.807, 2.05) is 0 Å². The number of likely N-dealkylation sites (N-methyl/N-ethyl adjacent to an activating group) is 1. The number of rotatable bonds is 13. The van der Waals surface area contributed by atoms with Gasteiger partial charge in [-0.05, 0) is 24.1 Å². The molecular weight excluding hydrogens is 320 g/mol. The van der Waals surface area contributed by atoms with Gasteiger partial charge < -0.3 is 24.4 Å². The van der Waals surface area contributed by atoms with Crippen LogP contribution in [-0.4, -0.2) is 64.7 Å². The number of nitrogens with one attached hydrogen (secondary N) is 1. The summed E-state index contributed by atoms with van der Waals surface area (Å²) in [4.78, 5) is 13.6. The van der Waals surface area contributed by atoms with Crippen LogP contribution in [0.2, 0.25) is 0 Å². The number of hydrogen-bond donors (Lipinski definition) is 1. The minimum absolute atomic E-state index is 0.0201. The van der Waals surface area contributed by atoms with Crippen molar-refractivity contribution in [3.63, 3.8) is 0 Å². The van der Waals surface area contributed by atoms with Crippen molar-refractivity contribution in [2.75, 3.05) is 47.6 Å². The third kappa shape index (κ3) is 8.97. The van der Waals surface area contributed by atoms with E-state index in [0.29, 0.717) is 26.2 Å². The van der Waals surface area contributed by atoms with Crippen LogP contribution in [0.25, 0.3) is 0 Å². The lowest BCUT2D eigenvalue weighted by Gasteiger charge is -2.22. The fourth-order valence-corrected chi connectivity index (χ4v) is 2.38. The van der Waals surface area contributed by atoms with Crippen molar-refractivity contribution in [2.45, 2.75) is 32.6 Å². The summed E-state index contributed by atoms with van der Waals surface area (Å²) in [6.45, 7) is 5.39. The Morgan fingerprint density at radius 2 is 1.92 bits per heavy atom. The molecule has 0 radical (unpaired) electrons. The summed E-state index contributed by atoms with van der Waals surface area (Å²) in [5.41, 5.74) is 2.53. The second-order valence-electron chi connectivity index (χ2n) is 5.89. The quantitative estimate of drug-likeness (QED) is 0.433. The zero-order valence-electron chi connectivity index (χ0n) is 15.9. The summed E-state index contributed by atoms with van der Waals surface area (Å²) in [6.07, 6.45) is 0.806. The monoisotopic (exact) mass is 352 g/mol. The highest BCUT2D eigenvalue weighted by Gasteiger charge is 2.14. The van der Waals surface area contributed by atoms with E-state index >= 15 is 0 Å². The first-order valence-corrected chi connectivity index (χ1v) is 8.76. The number of hydrogen-bond acceptors (Lipinski definition) is 5. The van der Waals surface area contributed by atoms with Crippen molar-refractivity contribution in [2.24, 2.45) is 0 Å². The van der Waals surface area contributed by atoms with Crippen LogP contribution in [0.1, 0.15) is 24.5 Å². The van der Waals surface area contributed by atoms with Gasteiger partial charge in [-0.3, -0.25) is 4.79 Å². The topological polar surface area (TPSA) is 60.0 Å². The Labute approximate surface area is 151 Å². The van der Waals surface area contributed by atoms with Crippen molar-refractivity contribution in [3.05, 3.63) is 35.4 Å². The number of amides is 1. The van der Waals surface area contributed by atoms with Gasteiger partial charge in [-0.2, -0.15) is 0 Å². The number of carbonyl (C=O) groups excluding carboxylic acids is 1. The van der Waals surface area contributed by atoms with Crippen LogP contribution in [0.4, 0.5) is 0 Å². The number of methoxy groups -OCH3 is 2. The number of nitrogens with zero attached hydrogens (tertiary/aromatic N) is 1. The van der Waals surface area contributed by atoms with Crippen LogP contribution in [0.5, 0.6) is 0 Å². The Hall–Kier alpha value is -1.47. The smallest absolute Gasteiger partial charge is 0.224 e. The van der Waals surface area contributed by atoms with Crippen LogP contribution in [-0.2, 0) is 32.0 Å². The van der Waals surface area contributed by atoms with Crippen LogP contribution >= 0.6 is 0 Å². The summed E-state index contributed by atoms with van der Waals surface area (Å²) in [7, 11) is 4.86. The molecule has 0 fully saturated rings. The molecular formula is C19H32N2O4. The zero-order chi connectivity index (χ0) is 18.5. The van der Waals surface area contributed by atoms with E-state index in [-0.39, 0.29) is 5.91 Å². The first-order valence-electron chi connectivity index (χ1n) is 8.76. The first-order chi connectivity index (χ1) is 12.1. The molecule has 0 aliphatic heterocycles. The molecule has 6 nitrogen and oxygen atoms in total. The van der Waals surface area contributed by atoms with Crippen molar-refractivity contribution in [1.29, 1.82) is 0 Å². The maximum absolute atomic E-state index is 12.0. The molecule has 0 atom stereocenters. The molecule has 0 saturated heterocycles. The molecule has 0 aliphatic carbocycles. The second-order valence-corrected chi connectivity index (χ2v) is 5.89. The Bertz CT molecular complexity index is 492. The predicted octanol–water partition coefficient (Wildman–Crippen LogP) is 1.82. The van der Waals surface area contributed by atoms with Crippen molar-refractivity contribution in [1.82, 2.24) is 10.2 Å². The van der Waals surface area contributed by atoms with Crippen LogP contribution in [0.3, 0.4) is 0 Å². The average Bonchev–Trinajstić information content (AvgIpc) is 2.64. The van der Waals surface area contributed by atoms with Gasteiger partial charge in [0.25, 0.3) is 0 Å². The largest absolute Gasteiger partial charge is 0.381 e. The highest BCUT2D eigenvalue weighted by Crippen LogP contribution is 2.06. The van der Waals surface area contributed by atoms with Crippen LogP contribution in [0.15, 0.2) is 24.3 Å². The third-order valence-corrected chi connectivity index (χ3v) is 3.94. The van der Waals surface area contributed by atoms with Crippen LogP contribution < -0.4 is 5.32 Å². The summed E-state index contributed by atoms with van der Waals surface area (Å²) >= 11 is 0. The first kappa shape index (κ1) is 21.6. The van der Waals surface area contributed by atoms with E-state index in [2.05, 4.69) is 36.5 Å². The van der Waals surface area contributed by atoms with Crippen LogP contribution in [0, 0.1) is 0 Å². The minimum Gasteiger partial charge on any atom is -0.381 e. The Kier molecular flexibility index (Phi) is 11.1. The zero-order valence-corrected chi connectivity index (χ0v) is 15.9. The standard InChI is InChI=1S/C19H32N2O4/c1-5-20-14-17-8-6-7-16(13-17)9-11-25-12-10-18(22)21(2)15-19(23-3)24-4/h6-8,13,19-20H,5,9-12,14-15H2,1-4H3. The third-order valence-electron chi connectivity index (χ3n) is 3.94. The van der Waals surface area contributed by atoms with Gasteiger partial charge in [0.2, 0.25) is 5.91 Å². The second kappa shape index (κ2) is 12.8. The molecule has 142 valence electrons. The average molecular weight is 352 g/mol. The Balaban J connectivity index is 2.22. The maximum Gasteiger partial charge on any atom is 0.224 e. The van der Waals surface area contributed by atoms with Crippen molar-refractivity contribution < 1.29 is 19.0 Å². The number of benzene rings is 1. The molecule has 25 heavy (non-hydrogen) atoms. The molecule has 1 amide bonds. The van der Waals surface area contributed by atoms with Gasteiger partial charge in [0, 0.05) is 27.8 Å². The molecule has 0 unspecified atom stereocenters. The van der Waals surface area contributed by atoms with E-state index in [4.69, 9.17) is 14.2 Å². The summed E-state index contributed by atoms with van der Waals surface area (Å²) in [5, 5.41) is 3.32. The molecule has 0 aromatic heterocycles. The van der Waals surface area contributed by atoms with Gasteiger partial charge >= 0.3 is 0 Å². The fourth-order valence-electron chi connectivity index (χ4n) is 2.38. The number of carbonyl (C=O) groups is 1. The summed E-state index contributed by atoms with van der Waals surface area (Å²) < 4.78 is 15.8. The highest BCUT2D eigenvalue weighted by molar-refractivity contribution is 5.75. The molecule has 0 aliphatic rings. The molecule has 0 heterocycles. The van der Waals surface area contributed by atoms with Gasteiger partial charge in [0.15, 0.2) is 6.29 Å². The van der Waals surface area contributed by atoms with Gasteiger partial charge in [-0.1, -0.05) is 31.2 Å². The molecule has 6 heteroatoms. The lowest BCUT2D eigenvalue weighted by Crippen LogP contribution is -2.36. The van der Waals surface area contributed by atoms with E-state index < -0.39 is 6.29 Å². The van der Waals surface area contributed by atoms with Crippen molar-refractivity contribution >= 4 is 5.91 Å². The molecule has 1 aromatic carbocycles. The summed E-state index contributed by atoms with van der Waals surface area (Å²) in [5.74, 6) is 0.0201. The van der Waals surface area contributed by atoms with Gasteiger partial charge in [-0.15, -0.1) is 0 Å². The van der Waals surface area contributed by atoms with Gasteiger partial charge in [-0.25, -0.2) is 0 Å². The Morgan fingerprint density at radius 1 is 1.20 bits per heavy atom. The molecule has 1 N–H and O–H groups in total. The fraction of sp³-hybridized carbons (Fsp3) is 0.632. The van der Waals surface area contributed by atoms with E-state index in [0.717, 1.165) is 19.5 Å². The summed E-state index contributed by atoms with van der Waals surface area (Å²) in [6, 6.07) is 8.49. The SMILES string of the molecule is CCNCc1cccc(CCOCCC(=O)N(C)CC(OC)OC)c1. The molecule has 0 bridgehead atoms. The van der Waals surface area contributed by atoms with E-state index in [1.165, 1.54) is 11.1 Å². The van der Waals surface area contributed by atoms with E-state index in [9.17, 15) is 4.79 Å². The Morgan fingerprint density at radius 3 is 2.60 bits per heavy atom. The number of ether oxygens (including phenoxy) is 3. The van der Waals surface area contributed by atoms with E-state index in [1.54, 1.807) is 26.2 Å². The maximum atomic E-state index is 12.0. The highest BCUT2D eigenvalue weighted by atomic mass is 16.7. The lowest BCUT2D eigenvalue weighted by molar-refractivity contribution is -0.143. The molecule has 1 aromatic rings. The minimum atomic E-state index is -0.399. The normalized spacial score (nSPS) is 11.1. The van der Waals surface area contributed by atoms with Gasteiger partial charge in [0.05, 0.1) is 26.2 Å². The predicted molar refractivity (Wildman–Crippen MR) is 98.4 cm³/mol. The van der Waals surface area contributed by atoms with Crippen molar-refractivity contribution in [3.8, 4) is 0 Å². The molecule has 0 spiro atoms. The molecule has 1 rings (SSSR count). The molecule has 0 saturated carbocycles.